The second-order valence-corrected chi connectivity index (χ2v) is 5.10. The SMILES string of the molecule is CC(CO)CCCNc1c(C(=O)O)nnc2ccccc12. The van der Waals surface area contributed by atoms with Gasteiger partial charge in [0.25, 0.3) is 0 Å². The van der Waals surface area contributed by atoms with E-state index in [-0.39, 0.29) is 18.2 Å². The first-order chi connectivity index (χ1) is 10.1. The Morgan fingerprint density at radius 2 is 2.10 bits per heavy atom. The Morgan fingerprint density at radius 1 is 1.33 bits per heavy atom. The topological polar surface area (TPSA) is 95.3 Å². The largest absolute Gasteiger partial charge is 0.476 e. The van der Waals surface area contributed by atoms with E-state index in [4.69, 9.17) is 5.11 Å². The van der Waals surface area contributed by atoms with Crippen molar-refractivity contribution in [2.45, 2.75) is 19.8 Å². The number of aliphatic hydroxyl groups excluding tert-OH is 1. The fourth-order valence-corrected chi connectivity index (χ4v) is 2.14. The first-order valence-corrected chi connectivity index (χ1v) is 6.97. The maximum absolute atomic E-state index is 11.3. The first kappa shape index (κ1) is 15.2. The zero-order chi connectivity index (χ0) is 15.2. The van der Waals surface area contributed by atoms with Crippen molar-refractivity contribution in [1.82, 2.24) is 10.2 Å². The van der Waals surface area contributed by atoms with Crippen LogP contribution in [0.2, 0.25) is 0 Å². The Hall–Kier alpha value is -2.21. The Kier molecular flexibility index (Phi) is 5.05. The van der Waals surface area contributed by atoms with Gasteiger partial charge in [-0.1, -0.05) is 25.1 Å². The second kappa shape index (κ2) is 6.99. The standard InChI is InChI=1S/C15H19N3O3/c1-10(9-19)5-4-8-16-13-11-6-2-3-7-12(11)17-18-14(13)15(20)21/h2-3,6-7,10,19H,4-5,8-9H2,1H3,(H,16,17)(H,20,21). The molecule has 2 rings (SSSR count). The van der Waals surface area contributed by atoms with Gasteiger partial charge in [-0.05, 0) is 24.8 Å². The highest BCUT2D eigenvalue weighted by atomic mass is 16.4. The van der Waals surface area contributed by atoms with Crippen LogP contribution in [-0.2, 0) is 0 Å². The number of carboxylic acids is 1. The zero-order valence-electron chi connectivity index (χ0n) is 11.9. The third-order valence-corrected chi connectivity index (χ3v) is 3.36. The van der Waals surface area contributed by atoms with Crippen molar-refractivity contribution in [3.8, 4) is 0 Å². The van der Waals surface area contributed by atoms with Gasteiger partial charge in [0.05, 0.1) is 11.2 Å². The molecule has 0 bridgehead atoms. The van der Waals surface area contributed by atoms with E-state index in [1.165, 1.54) is 0 Å². The van der Waals surface area contributed by atoms with Crippen LogP contribution >= 0.6 is 0 Å². The minimum absolute atomic E-state index is 0.0658. The Morgan fingerprint density at radius 3 is 2.81 bits per heavy atom. The van der Waals surface area contributed by atoms with Crippen LogP contribution in [0.3, 0.4) is 0 Å². The van der Waals surface area contributed by atoms with E-state index in [0.717, 1.165) is 18.2 Å². The molecule has 0 aliphatic carbocycles. The summed E-state index contributed by atoms with van der Waals surface area (Å²) >= 11 is 0. The molecule has 0 saturated carbocycles. The van der Waals surface area contributed by atoms with E-state index in [2.05, 4.69) is 15.5 Å². The van der Waals surface area contributed by atoms with Gasteiger partial charge in [-0.2, -0.15) is 0 Å². The zero-order valence-corrected chi connectivity index (χ0v) is 11.9. The molecule has 21 heavy (non-hydrogen) atoms. The quantitative estimate of drug-likeness (QED) is 0.676. The number of anilines is 1. The summed E-state index contributed by atoms with van der Waals surface area (Å²) in [6.07, 6.45) is 1.72. The van der Waals surface area contributed by atoms with Crippen molar-refractivity contribution >= 4 is 22.6 Å². The molecule has 112 valence electrons. The van der Waals surface area contributed by atoms with Crippen LogP contribution in [0.4, 0.5) is 5.69 Å². The molecule has 0 spiro atoms. The van der Waals surface area contributed by atoms with Gasteiger partial charge in [0, 0.05) is 18.5 Å². The van der Waals surface area contributed by atoms with Crippen molar-refractivity contribution in [2.24, 2.45) is 5.92 Å². The fraction of sp³-hybridized carbons (Fsp3) is 0.400. The van der Waals surface area contributed by atoms with E-state index in [1.54, 1.807) is 6.07 Å². The van der Waals surface area contributed by atoms with Crippen LogP contribution in [0.15, 0.2) is 24.3 Å². The van der Waals surface area contributed by atoms with Crippen LogP contribution in [0, 0.1) is 5.92 Å². The molecule has 0 aliphatic rings. The summed E-state index contributed by atoms with van der Waals surface area (Å²) in [4.78, 5) is 11.3. The molecule has 6 nitrogen and oxygen atoms in total. The molecule has 0 saturated heterocycles. The van der Waals surface area contributed by atoms with Crippen molar-refractivity contribution in [3.05, 3.63) is 30.0 Å². The highest BCUT2D eigenvalue weighted by Crippen LogP contribution is 2.24. The summed E-state index contributed by atoms with van der Waals surface area (Å²) in [6, 6.07) is 7.31. The van der Waals surface area contributed by atoms with Crippen molar-refractivity contribution < 1.29 is 15.0 Å². The smallest absolute Gasteiger partial charge is 0.358 e. The van der Waals surface area contributed by atoms with Gasteiger partial charge in [-0.15, -0.1) is 10.2 Å². The third kappa shape index (κ3) is 3.66. The Bertz CT molecular complexity index is 631. The van der Waals surface area contributed by atoms with E-state index in [1.807, 2.05) is 25.1 Å². The molecule has 0 radical (unpaired) electrons. The van der Waals surface area contributed by atoms with Crippen LogP contribution in [-0.4, -0.2) is 39.5 Å². The number of fused-ring (bicyclic) bond motifs is 1. The molecule has 1 heterocycles. The lowest BCUT2D eigenvalue weighted by atomic mass is 10.1. The van der Waals surface area contributed by atoms with Crippen molar-refractivity contribution in [2.75, 3.05) is 18.5 Å². The van der Waals surface area contributed by atoms with Gasteiger partial charge in [-0.25, -0.2) is 4.79 Å². The lowest BCUT2D eigenvalue weighted by molar-refractivity contribution is 0.0690. The summed E-state index contributed by atoms with van der Waals surface area (Å²) in [5.74, 6) is -0.850. The van der Waals surface area contributed by atoms with Crippen LogP contribution in [0.5, 0.6) is 0 Å². The number of aliphatic hydroxyl groups is 1. The number of carboxylic acid groups (broad SMARTS) is 1. The van der Waals surface area contributed by atoms with Gasteiger partial charge >= 0.3 is 5.97 Å². The van der Waals surface area contributed by atoms with Gasteiger partial charge in [0.15, 0.2) is 5.69 Å². The summed E-state index contributed by atoms with van der Waals surface area (Å²) in [6.45, 7) is 2.77. The van der Waals surface area contributed by atoms with Gasteiger partial charge < -0.3 is 15.5 Å². The number of benzene rings is 1. The normalized spacial score (nSPS) is 12.3. The molecule has 6 heteroatoms. The highest BCUT2D eigenvalue weighted by molar-refractivity contribution is 6.02. The highest BCUT2D eigenvalue weighted by Gasteiger charge is 2.16. The summed E-state index contributed by atoms with van der Waals surface area (Å²) in [5, 5.41) is 29.8. The summed E-state index contributed by atoms with van der Waals surface area (Å²) in [5.41, 5.74) is 1.10. The molecule has 3 N–H and O–H groups in total. The molecule has 1 unspecified atom stereocenters. The van der Waals surface area contributed by atoms with Crippen LogP contribution in [0.25, 0.3) is 10.9 Å². The lowest BCUT2D eigenvalue weighted by Crippen LogP contribution is -2.12. The van der Waals surface area contributed by atoms with E-state index in [9.17, 15) is 9.90 Å². The monoisotopic (exact) mass is 289 g/mol. The molecule has 0 amide bonds. The molecule has 1 atom stereocenters. The number of hydrogen-bond donors (Lipinski definition) is 3. The molecule has 2 aromatic rings. The molecule has 1 aromatic heterocycles. The van der Waals surface area contributed by atoms with Gasteiger partial charge in [-0.3, -0.25) is 0 Å². The average Bonchev–Trinajstić information content (AvgIpc) is 2.50. The molecule has 0 aliphatic heterocycles. The third-order valence-electron chi connectivity index (χ3n) is 3.36. The van der Waals surface area contributed by atoms with Crippen molar-refractivity contribution in [3.63, 3.8) is 0 Å². The summed E-state index contributed by atoms with van der Waals surface area (Å²) < 4.78 is 0. The van der Waals surface area contributed by atoms with Gasteiger partial charge in [0.1, 0.15) is 0 Å². The number of nitrogens with one attached hydrogen (secondary N) is 1. The summed E-state index contributed by atoms with van der Waals surface area (Å²) in [7, 11) is 0. The maximum atomic E-state index is 11.3. The molecular weight excluding hydrogens is 270 g/mol. The predicted octanol–water partition coefficient (Wildman–Crippen LogP) is 2.15. The fourth-order valence-electron chi connectivity index (χ4n) is 2.14. The molecule has 0 fully saturated rings. The minimum Gasteiger partial charge on any atom is -0.476 e. The van der Waals surface area contributed by atoms with E-state index >= 15 is 0 Å². The average molecular weight is 289 g/mol. The number of nitrogens with zero attached hydrogens (tertiary/aromatic N) is 2. The second-order valence-electron chi connectivity index (χ2n) is 5.10. The maximum Gasteiger partial charge on any atom is 0.358 e. The molecule has 1 aromatic carbocycles. The number of carbonyl (C=O) groups is 1. The number of aromatic carboxylic acids is 1. The minimum atomic E-state index is -1.10. The lowest BCUT2D eigenvalue weighted by Gasteiger charge is -2.12. The Balaban J connectivity index is 2.19. The number of hydrogen-bond acceptors (Lipinski definition) is 5. The molecular formula is C15H19N3O3. The van der Waals surface area contributed by atoms with Crippen LogP contribution in [0.1, 0.15) is 30.3 Å². The number of rotatable bonds is 7. The van der Waals surface area contributed by atoms with Gasteiger partial charge in [0.2, 0.25) is 0 Å². The van der Waals surface area contributed by atoms with E-state index < -0.39 is 5.97 Å². The number of aromatic nitrogens is 2. The Labute approximate surface area is 122 Å². The van der Waals surface area contributed by atoms with E-state index in [0.29, 0.717) is 17.7 Å². The van der Waals surface area contributed by atoms with Crippen molar-refractivity contribution in [1.29, 1.82) is 0 Å². The predicted molar refractivity (Wildman–Crippen MR) is 80.5 cm³/mol. The van der Waals surface area contributed by atoms with Crippen LogP contribution < -0.4 is 5.32 Å². The first-order valence-electron chi connectivity index (χ1n) is 6.97.